The molecule has 4 rings (SSSR count). The summed E-state index contributed by atoms with van der Waals surface area (Å²) in [6.07, 6.45) is 6.12. The van der Waals surface area contributed by atoms with Crippen molar-refractivity contribution in [3.8, 4) is 11.5 Å². The van der Waals surface area contributed by atoms with E-state index in [0.29, 0.717) is 36.9 Å². The van der Waals surface area contributed by atoms with E-state index in [-0.39, 0.29) is 30.2 Å². The minimum absolute atomic E-state index is 0.115. The number of carbonyl (C=O) groups excluding carboxylic acids is 2. The summed E-state index contributed by atoms with van der Waals surface area (Å²) in [7, 11) is 0. The second kappa shape index (κ2) is 9.85. The van der Waals surface area contributed by atoms with Gasteiger partial charge in [0.2, 0.25) is 12.7 Å². The lowest BCUT2D eigenvalue weighted by atomic mass is 10.1. The third-order valence-electron chi connectivity index (χ3n) is 5.83. The number of aromatic nitrogens is 1. The standard InChI is InChI=1S/C23H29N3O5/c1-2-3-10-26(23(28)17-6-4-5-7-17)14-18-12-19(25-31-18)22(27)24-13-16-8-9-20-21(11-16)30-15-29-20/h8-9,11-12,17H,2-7,10,13-15H2,1H3,(H,24,27). The lowest BCUT2D eigenvalue weighted by molar-refractivity contribution is -0.136. The van der Waals surface area contributed by atoms with Crippen LogP contribution in [0.2, 0.25) is 0 Å². The average molecular weight is 428 g/mol. The zero-order valence-corrected chi connectivity index (χ0v) is 17.9. The van der Waals surface area contributed by atoms with E-state index in [1.165, 1.54) is 0 Å². The fourth-order valence-electron chi connectivity index (χ4n) is 4.05. The van der Waals surface area contributed by atoms with Crippen molar-refractivity contribution in [3.63, 3.8) is 0 Å². The molecule has 8 nitrogen and oxygen atoms in total. The van der Waals surface area contributed by atoms with Gasteiger partial charge < -0.3 is 24.2 Å². The molecular formula is C23H29N3O5. The van der Waals surface area contributed by atoms with Crippen LogP contribution in [0.4, 0.5) is 0 Å². The van der Waals surface area contributed by atoms with Crippen molar-refractivity contribution in [2.24, 2.45) is 5.92 Å². The Morgan fingerprint density at radius 2 is 1.97 bits per heavy atom. The second-order valence-electron chi connectivity index (χ2n) is 8.14. The van der Waals surface area contributed by atoms with Crippen molar-refractivity contribution in [2.45, 2.75) is 58.5 Å². The summed E-state index contributed by atoms with van der Waals surface area (Å²) in [4.78, 5) is 27.3. The first-order valence-electron chi connectivity index (χ1n) is 11.0. The Balaban J connectivity index is 1.34. The summed E-state index contributed by atoms with van der Waals surface area (Å²) in [5, 5.41) is 6.74. The summed E-state index contributed by atoms with van der Waals surface area (Å²) in [5.74, 6) is 1.89. The number of unbranched alkanes of at least 4 members (excludes halogenated alkanes) is 1. The van der Waals surface area contributed by atoms with Crippen LogP contribution in [0.25, 0.3) is 0 Å². The molecule has 2 amide bonds. The topological polar surface area (TPSA) is 93.9 Å². The highest BCUT2D eigenvalue weighted by Gasteiger charge is 2.28. The number of ether oxygens (including phenoxy) is 2. The smallest absolute Gasteiger partial charge is 0.273 e. The Morgan fingerprint density at radius 3 is 2.77 bits per heavy atom. The number of nitrogens with zero attached hydrogens (tertiary/aromatic N) is 2. The highest BCUT2D eigenvalue weighted by atomic mass is 16.7. The van der Waals surface area contributed by atoms with Crippen LogP contribution in [-0.4, -0.2) is 35.2 Å². The summed E-state index contributed by atoms with van der Waals surface area (Å²) in [6, 6.07) is 7.17. The number of rotatable bonds is 9. The van der Waals surface area contributed by atoms with Gasteiger partial charge >= 0.3 is 0 Å². The number of carbonyl (C=O) groups is 2. The van der Waals surface area contributed by atoms with Crippen LogP contribution in [0.1, 0.15) is 67.3 Å². The van der Waals surface area contributed by atoms with Crippen LogP contribution in [0.3, 0.4) is 0 Å². The highest BCUT2D eigenvalue weighted by Crippen LogP contribution is 2.32. The van der Waals surface area contributed by atoms with Crippen molar-refractivity contribution in [3.05, 3.63) is 41.3 Å². The molecule has 2 aromatic rings. The third-order valence-corrected chi connectivity index (χ3v) is 5.83. The van der Waals surface area contributed by atoms with Gasteiger partial charge in [-0.3, -0.25) is 9.59 Å². The van der Waals surface area contributed by atoms with Crippen LogP contribution >= 0.6 is 0 Å². The van der Waals surface area contributed by atoms with Gasteiger partial charge in [0, 0.05) is 25.1 Å². The van der Waals surface area contributed by atoms with E-state index >= 15 is 0 Å². The molecule has 1 N–H and O–H groups in total. The van der Waals surface area contributed by atoms with Crippen molar-refractivity contribution >= 4 is 11.8 Å². The molecule has 1 fully saturated rings. The van der Waals surface area contributed by atoms with Gasteiger partial charge in [-0.1, -0.05) is 37.4 Å². The van der Waals surface area contributed by atoms with Crippen LogP contribution in [0.15, 0.2) is 28.8 Å². The summed E-state index contributed by atoms with van der Waals surface area (Å²) >= 11 is 0. The van der Waals surface area contributed by atoms with Gasteiger partial charge in [-0.2, -0.15) is 0 Å². The summed E-state index contributed by atoms with van der Waals surface area (Å²) in [5.41, 5.74) is 1.11. The van der Waals surface area contributed by atoms with E-state index in [4.69, 9.17) is 14.0 Å². The van der Waals surface area contributed by atoms with Crippen LogP contribution in [0.5, 0.6) is 11.5 Å². The number of amides is 2. The van der Waals surface area contributed by atoms with E-state index in [1.54, 1.807) is 6.07 Å². The lowest BCUT2D eigenvalue weighted by Crippen LogP contribution is -2.35. The average Bonchev–Trinajstić information content (AvgIpc) is 3.55. The van der Waals surface area contributed by atoms with Crippen molar-refractivity contribution in [1.29, 1.82) is 0 Å². The minimum Gasteiger partial charge on any atom is -0.454 e. The lowest BCUT2D eigenvalue weighted by Gasteiger charge is -2.24. The molecule has 31 heavy (non-hydrogen) atoms. The van der Waals surface area contributed by atoms with Crippen molar-refractivity contribution < 1.29 is 23.6 Å². The fraction of sp³-hybridized carbons (Fsp3) is 0.522. The number of benzene rings is 1. The maximum absolute atomic E-state index is 12.9. The second-order valence-corrected chi connectivity index (χ2v) is 8.14. The summed E-state index contributed by atoms with van der Waals surface area (Å²) in [6.45, 7) is 3.69. The number of nitrogens with one attached hydrogen (secondary N) is 1. The van der Waals surface area contributed by atoms with E-state index in [9.17, 15) is 9.59 Å². The zero-order chi connectivity index (χ0) is 21.6. The molecule has 1 aliphatic carbocycles. The maximum Gasteiger partial charge on any atom is 0.273 e. The molecule has 2 heterocycles. The van der Waals surface area contributed by atoms with E-state index in [1.807, 2.05) is 23.1 Å². The predicted molar refractivity (Wildman–Crippen MR) is 113 cm³/mol. The van der Waals surface area contributed by atoms with E-state index < -0.39 is 0 Å². The molecule has 1 aromatic carbocycles. The molecule has 1 saturated carbocycles. The maximum atomic E-state index is 12.9. The van der Waals surface area contributed by atoms with Crippen molar-refractivity contribution in [2.75, 3.05) is 13.3 Å². The van der Waals surface area contributed by atoms with Crippen molar-refractivity contribution in [1.82, 2.24) is 15.4 Å². The van der Waals surface area contributed by atoms with Crippen LogP contribution in [-0.2, 0) is 17.9 Å². The molecule has 0 unspecified atom stereocenters. The molecule has 1 aromatic heterocycles. The van der Waals surface area contributed by atoms with Gasteiger partial charge in [0.15, 0.2) is 23.0 Å². The first-order chi connectivity index (χ1) is 15.1. The molecular weight excluding hydrogens is 398 g/mol. The van der Waals surface area contributed by atoms with Crippen LogP contribution in [0, 0.1) is 5.92 Å². The molecule has 0 bridgehead atoms. The predicted octanol–water partition coefficient (Wildman–Crippen LogP) is 3.65. The first-order valence-corrected chi connectivity index (χ1v) is 11.0. The fourth-order valence-corrected chi connectivity index (χ4v) is 4.05. The number of hydrogen-bond donors (Lipinski definition) is 1. The molecule has 0 radical (unpaired) electrons. The Labute approximate surface area is 181 Å². The quantitative estimate of drug-likeness (QED) is 0.657. The highest BCUT2D eigenvalue weighted by molar-refractivity contribution is 5.92. The molecule has 0 saturated heterocycles. The largest absolute Gasteiger partial charge is 0.454 e. The molecule has 8 heteroatoms. The molecule has 1 aliphatic heterocycles. The van der Waals surface area contributed by atoms with Crippen LogP contribution < -0.4 is 14.8 Å². The van der Waals surface area contributed by atoms with E-state index in [0.717, 1.165) is 44.1 Å². The number of fused-ring (bicyclic) bond motifs is 1. The van der Waals surface area contributed by atoms with Gasteiger partial charge in [0.05, 0.1) is 6.54 Å². The van der Waals surface area contributed by atoms with Gasteiger partial charge in [0.1, 0.15) is 0 Å². The molecule has 2 aliphatic rings. The third kappa shape index (κ3) is 5.18. The van der Waals surface area contributed by atoms with Gasteiger partial charge in [-0.25, -0.2) is 0 Å². The summed E-state index contributed by atoms with van der Waals surface area (Å²) < 4.78 is 16.0. The molecule has 0 spiro atoms. The molecule has 166 valence electrons. The Kier molecular flexibility index (Phi) is 6.74. The van der Waals surface area contributed by atoms with Gasteiger partial charge in [0.25, 0.3) is 5.91 Å². The Bertz CT molecular complexity index is 920. The SMILES string of the molecule is CCCCN(Cc1cc(C(=O)NCc2ccc3c(c2)OCO3)no1)C(=O)C1CCCC1. The first kappa shape index (κ1) is 21.2. The molecule has 0 atom stereocenters. The normalized spacial score (nSPS) is 15.3. The Hall–Kier alpha value is -3.03. The number of hydrogen-bond acceptors (Lipinski definition) is 6. The minimum atomic E-state index is -0.324. The zero-order valence-electron chi connectivity index (χ0n) is 17.9. The van der Waals surface area contributed by atoms with Gasteiger partial charge in [-0.05, 0) is 37.0 Å². The van der Waals surface area contributed by atoms with Gasteiger partial charge in [-0.15, -0.1) is 0 Å². The van der Waals surface area contributed by atoms with E-state index in [2.05, 4.69) is 17.4 Å². The monoisotopic (exact) mass is 427 g/mol. The Morgan fingerprint density at radius 1 is 1.16 bits per heavy atom.